The first-order valence-corrected chi connectivity index (χ1v) is 11.0. The van der Waals surface area contributed by atoms with Gasteiger partial charge in [0.25, 0.3) is 0 Å². The molecule has 8 heteroatoms. The van der Waals surface area contributed by atoms with Gasteiger partial charge in [0, 0.05) is 52.4 Å². The minimum Gasteiger partial charge on any atom is -0.365 e. The second-order valence-electron chi connectivity index (χ2n) is 8.48. The van der Waals surface area contributed by atoms with Crippen molar-refractivity contribution in [3.63, 3.8) is 0 Å². The largest absolute Gasteiger partial charge is 0.365 e. The third-order valence-corrected chi connectivity index (χ3v) is 6.18. The molecule has 0 aliphatic carbocycles. The number of nitrogens with zero attached hydrogens (tertiary/aromatic N) is 7. The lowest BCUT2D eigenvalue weighted by Crippen LogP contribution is -2.48. The standard InChI is InChI=1S/C22H33N7O/c1-18(2)28-13-11-27(12-14-28)8-4-5-15-30-19-6-9-29(10-7-19)22-20-21(23-16-24-22)26(3)17-25-20/h16-19H,6-15H2,1-3H3. The third-order valence-electron chi connectivity index (χ3n) is 6.18. The number of piperazine rings is 1. The Kier molecular flexibility index (Phi) is 6.82. The van der Waals surface area contributed by atoms with Gasteiger partial charge in [-0.1, -0.05) is 11.8 Å². The quantitative estimate of drug-likeness (QED) is 0.689. The van der Waals surface area contributed by atoms with Crippen molar-refractivity contribution in [1.82, 2.24) is 29.3 Å². The summed E-state index contributed by atoms with van der Waals surface area (Å²) in [6, 6.07) is 0.641. The molecule has 0 spiro atoms. The predicted molar refractivity (Wildman–Crippen MR) is 118 cm³/mol. The van der Waals surface area contributed by atoms with Crippen LogP contribution in [-0.4, -0.2) is 93.9 Å². The molecular weight excluding hydrogens is 378 g/mol. The Labute approximate surface area is 179 Å². The summed E-state index contributed by atoms with van der Waals surface area (Å²) in [6.45, 7) is 12.3. The molecule has 0 aromatic carbocycles. The highest BCUT2D eigenvalue weighted by Crippen LogP contribution is 2.24. The summed E-state index contributed by atoms with van der Waals surface area (Å²) in [7, 11) is 1.96. The van der Waals surface area contributed by atoms with E-state index >= 15 is 0 Å². The van der Waals surface area contributed by atoms with Gasteiger partial charge in [-0.3, -0.25) is 9.80 Å². The van der Waals surface area contributed by atoms with Crippen LogP contribution in [0.4, 0.5) is 5.82 Å². The van der Waals surface area contributed by atoms with Crippen LogP contribution in [0.5, 0.6) is 0 Å². The summed E-state index contributed by atoms with van der Waals surface area (Å²) in [5.41, 5.74) is 1.75. The molecule has 2 fully saturated rings. The van der Waals surface area contributed by atoms with Crippen molar-refractivity contribution < 1.29 is 4.74 Å². The first kappa shape index (κ1) is 21.0. The van der Waals surface area contributed by atoms with Gasteiger partial charge >= 0.3 is 0 Å². The van der Waals surface area contributed by atoms with Crippen LogP contribution in [-0.2, 0) is 11.8 Å². The number of aromatic nitrogens is 4. The summed E-state index contributed by atoms with van der Waals surface area (Å²) in [5, 5.41) is 0. The molecule has 4 rings (SSSR count). The van der Waals surface area contributed by atoms with Crippen molar-refractivity contribution in [3.8, 4) is 11.8 Å². The van der Waals surface area contributed by atoms with Crippen molar-refractivity contribution in [1.29, 1.82) is 0 Å². The maximum atomic E-state index is 6.02. The first-order valence-electron chi connectivity index (χ1n) is 11.0. The van der Waals surface area contributed by atoms with Crippen LogP contribution in [0.25, 0.3) is 11.2 Å². The average Bonchev–Trinajstić information content (AvgIpc) is 3.15. The highest BCUT2D eigenvalue weighted by atomic mass is 16.5. The van der Waals surface area contributed by atoms with Gasteiger partial charge < -0.3 is 14.2 Å². The first-order chi connectivity index (χ1) is 14.6. The number of piperidine rings is 1. The Morgan fingerprint density at radius 1 is 1.03 bits per heavy atom. The Bertz CT molecular complexity index is 884. The Hall–Kier alpha value is -2.21. The lowest BCUT2D eigenvalue weighted by Gasteiger charge is -2.36. The van der Waals surface area contributed by atoms with E-state index in [0.29, 0.717) is 12.6 Å². The lowest BCUT2D eigenvalue weighted by molar-refractivity contribution is 0.0593. The number of fused-ring (bicyclic) bond motifs is 1. The molecule has 2 aliphatic heterocycles. The lowest BCUT2D eigenvalue weighted by atomic mass is 10.1. The minimum absolute atomic E-state index is 0.270. The zero-order chi connectivity index (χ0) is 20.9. The van der Waals surface area contributed by atoms with Gasteiger partial charge in [-0.15, -0.1) is 0 Å². The summed E-state index contributed by atoms with van der Waals surface area (Å²) < 4.78 is 7.95. The fraction of sp³-hybridized carbons (Fsp3) is 0.682. The zero-order valence-corrected chi connectivity index (χ0v) is 18.4. The smallest absolute Gasteiger partial charge is 0.165 e. The van der Waals surface area contributed by atoms with Crippen molar-refractivity contribution in [2.75, 3.05) is 57.3 Å². The SMILES string of the molecule is CC(C)N1CCN(CC#CCOC2CCN(c3ncnc4c3ncn4C)CC2)CC1. The molecule has 0 saturated carbocycles. The van der Waals surface area contributed by atoms with Gasteiger partial charge in [-0.2, -0.15) is 0 Å². The molecule has 30 heavy (non-hydrogen) atoms. The van der Waals surface area contributed by atoms with Crippen molar-refractivity contribution in [2.24, 2.45) is 7.05 Å². The Morgan fingerprint density at radius 3 is 2.53 bits per heavy atom. The highest BCUT2D eigenvalue weighted by Gasteiger charge is 2.23. The van der Waals surface area contributed by atoms with Crippen molar-refractivity contribution in [2.45, 2.75) is 38.8 Å². The molecule has 2 aromatic heterocycles. The van der Waals surface area contributed by atoms with Crippen LogP contribution in [0.15, 0.2) is 12.7 Å². The average molecular weight is 412 g/mol. The molecule has 2 aromatic rings. The van der Waals surface area contributed by atoms with Crippen molar-refractivity contribution >= 4 is 17.0 Å². The van der Waals surface area contributed by atoms with Gasteiger partial charge in [0.2, 0.25) is 0 Å². The number of hydrogen-bond donors (Lipinski definition) is 0. The summed E-state index contributed by atoms with van der Waals surface area (Å²) in [5.74, 6) is 7.43. The maximum Gasteiger partial charge on any atom is 0.165 e. The Balaban J connectivity index is 1.18. The minimum atomic E-state index is 0.270. The number of ether oxygens (including phenoxy) is 1. The van der Waals surface area contributed by atoms with E-state index in [1.807, 2.05) is 11.6 Å². The summed E-state index contributed by atoms with van der Waals surface area (Å²) >= 11 is 0. The molecule has 0 N–H and O–H groups in total. The number of rotatable bonds is 5. The van der Waals surface area contributed by atoms with E-state index in [1.165, 1.54) is 0 Å². The number of hydrogen-bond acceptors (Lipinski definition) is 7. The molecule has 0 unspecified atom stereocenters. The monoisotopic (exact) mass is 411 g/mol. The highest BCUT2D eigenvalue weighted by molar-refractivity contribution is 5.83. The molecule has 0 bridgehead atoms. The number of anilines is 1. The van der Waals surface area contributed by atoms with E-state index < -0.39 is 0 Å². The van der Waals surface area contributed by atoms with E-state index in [0.717, 1.165) is 75.6 Å². The van der Waals surface area contributed by atoms with E-state index in [4.69, 9.17) is 4.74 Å². The molecule has 0 atom stereocenters. The van der Waals surface area contributed by atoms with Crippen LogP contribution < -0.4 is 4.90 Å². The van der Waals surface area contributed by atoms with Crippen LogP contribution in [0.3, 0.4) is 0 Å². The van der Waals surface area contributed by atoms with Gasteiger partial charge in [0.15, 0.2) is 17.0 Å². The van der Waals surface area contributed by atoms with Gasteiger partial charge in [0.05, 0.1) is 19.0 Å². The molecule has 162 valence electrons. The van der Waals surface area contributed by atoms with Crippen LogP contribution >= 0.6 is 0 Å². The molecule has 2 saturated heterocycles. The van der Waals surface area contributed by atoms with Gasteiger partial charge in [-0.05, 0) is 26.7 Å². The second-order valence-corrected chi connectivity index (χ2v) is 8.48. The molecule has 4 heterocycles. The molecular formula is C22H33N7O. The molecule has 0 radical (unpaired) electrons. The topological polar surface area (TPSA) is 62.6 Å². The fourth-order valence-electron chi connectivity index (χ4n) is 4.21. The third kappa shape index (κ3) is 4.91. The Morgan fingerprint density at radius 2 is 1.80 bits per heavy atom. The fourth-order valence-corrected chi connectivity index (χ4v) is 4.21. The van der Waals surface area contributed by atoms with Crippen LogP contribution in [0.1, 0.15) is 26.7 Å². The zero-order valence-electron chi connectivity index (χ0n) is 18.4. The number of imidazole rings is 1. The van der Waals surface area contributed by atoms with Crippen LogP contribution in [0.2, 0.25) is 0 Å². The van der Waals surface area contributed by atoms with Crippen molar-refractivity contribution in [3.05, 3.63) is 12.7 Å². The summed E-state index contributed by atoms with van der Waals surface area (Å²) in [4.78, 5) is 20.5. The van der Waals surface area contributed by atoms with Gasteiger partial charge in [-0.25, -0.2) is 15.0 Å². The second kappa shape index (κ2) is 9.73. The number of aryl methyl sites for hydroxylation is 1. The van der Waals surface area contributed by atoms with E-state index in [-0.39, 0.29) is 6.10 Å². The van der Waals surface area contributed by atoms with E-state index in [2.05, 4.69) is 55.3 Å². The van der Waals surface area contributed by atoms with E-state index in [1.54, 1.807) is 12.7 Å². The normalized spacial score (nSPS) is 19.4. The maximum absolute atomic E-state index is 6.02. The molecule has 8 nitrogen and oxygen atoms in total. The van der Waals surface area contributed by atoms with Gasteiger partial charge in [0.1, 0.15) is 12.9 Å². The molecule has 0 amide bonds. The predicted octanol–water partition coefficient (Wildman–Crippen LogP) is 1.38. The van der Waals surface area contributed by atoms with Crippen LogP contribution in [0, 0.1) is 11.8 Å². The summed E-state index contributed by atoms with van der Waals surface area (Å²) in [6.07, 6.45) is 5.65. The molecule has 2 aliphatic rings. The van der Waals surface area contributed by atoms with E-state index in [9.17, 15) is 0 Å².